The molecule has 1 fully saturated rings. The van der Waals surface area contributed by atoms with Gasteiger partial charge in [0.1, 0.15) is 11.4 Å². The maximum Gasteiger partial charge on any atom is 0.306 e. The van der Waals surface area contributed by atoms with Crippen LogP contribution in [-0.2, 0) is 19.1 Å². The van der Waals surface area contributed by atoms with Crippen molar-refractivity contribution in [3.05, 3.63) is 41.2 Å². The van der Waals surface area contributed by atoms with Crippen LogP contribution in [0.3, 0.4) is 0 Å². The van der Waals surface area contributed by atoms with E-state index >= 15 is 0 Å². The van der Waals surface area contributed by atoms with Gasteiger partial charge in [-0.2, -0.15) is 4.98 Å². The largest absolute Gasteiger partial charge is 0.481 e. The van der Waals surface area contributed by atoms with Crippen molar-refractivity contribution in [2.24, 2.45) is 10.9 Å². The van der Waals surface area contributed by atoms with E-state index < -0.39 is 24.1 Å². The van der Waals surface area contributed by atoms with Gasteiger partial charge in [0.25, 0.3) is 5.91 Å². The van der Waals surface area contributed by atoms with Crippen LogP contribution in [0, 0.1) is 12.8 Å². The normalized spacial score (nSPS) is 19.7. The minimum absolute atomic E-state index is 0.246. The van der Waals surface area contributed by atoms with E-state index in [0.29, 0.717) is 41.6 Å². The van der Waals surface area contributed by atoms with Gasteiger partial charge in [-0.1, -0.05) is 24.3 Å². The predicted octanol–water partition coefficient (Wildman–Crippen LogP) is 3.46. The lowest BCUT2D eigenvalue weighted by atomic mass is 9.78. The van der Waals surface area contributed by atoms with Gasteiger partial charge in [-0.3, -0.25) is 14.4 Å². The van der Waals surface area contributed by atoms with Crippen LogP contribution in [0.1, 0.15) is 75.2 Å². The molecule has 1 aromatic carbocycles. The number of carbonyl (C=O) groups excluding carboxylic acids is 2. The van der Waals surface area contributed by atoms with Crippen molar-refractivity contribution in [1.82, 2.24) is 15.3 Å². The van der Waals surface area contributed by atoms with Crippen molar-refractivity contribution < 1.29 is 29.0 Å². The van der Waals surface area contributed by atoms with E-state index in [9.17, 15) is 14.4 Å². The standard InChI is InChI=1S/C28H35N5O6/c1-16-31-26(29)24-27(32-16)39-28(2,3)25(33-24)20-10-8-19(9-11-20)18-6-4-17(5-7-18)14-30-21(34)15-38-23(37)13-12-22(35)36/h8-11,17-18H,4-7,12-15H2,1-3H3,(H,30,34)(H,35,36)(H2,29,31,32). The van der Waals surface area contributed by atoms with Gasteiger partial charge in [0.05, 0.1) is 18.6 Å². The molecule has 0 saturated heterocycles. The highest BCUT2D eigenvalue weighted by Gasteiger charge is 2.35. The van der Waals surface area contributed by atoms with E-state index in [0.717, 1.165) is 37.0 Å². The van der Waals surface area contributed by atoms with Crippen molar-refractivity contribution in [3.63, 3.8) is 0 Å². The molecule has 2 aromatic rings. The molecule has 1 aromatic heterocycles. The van der Waals surface area contributed by atoms with E-state index in [1.807, 2.05) is 13.8 Å². The molecule has 4 N–H and O–H groups in total. The van der Waals surface area contributed by atoms with Crippen molar-refractivity contribution in [3.8, 4) is 5.88 Å². The predicted molar refractivity (Wildman–Crippen MR) is 144 cm³/mol. The average molecular weight is 538 g/mol. The van der Waals surface area contributed by atoms with Crippen molar-refractivity contribution in [2.45, 2.75) is 70.8 Å². The summed E-state index contributed by atoms with van der Waals surface area (Å²) >= 11 is 0. The first-order valence-electron chi connectivity index (χ1n) is 13.2. The number of ether oxygens (including phenoxy) is 2. The third-order valence-corrected chi connectivity index (χ3v) is 7.13. The summed E-state index contributed by atoms with van der Waals surface area (Å²) < 4.78 is 11.0. The number of carboxylic acid groups (broad SMARTS) is 1. The number of nitrogen functional groups attached to an aromatic ring is 1. The van der Waals surface area contributed by atoms with Gasteiger partial charge >= 0.3 is 11.9 Å². The van der Waals surface area contributed by atoms with Crippen LogP contribution in [0.5, 0.6) is 5.88 Å². The lowest BCUT2D eigenvalue weighted by molar-refractivity contribution is -0.150. The SMILES string of the molecule is Cc1nc(N)c2c(n1)OC(C)(C)C(c1ccc(C3CCC(CNC(=O)COC(=O)CCC(=O)O)CC3)cc1)=N2. The summed E-state index contributed by atoms with van der Waals surface area (Å²) in [6, 6.07) is 8.42. The monoisotopic (exact) mass is 537 g/mol. The molecule has 1 saturated carbocycles. The van der Waals surface area contributed by atoms with Gasteiger partial charge in [-0.05, 0) is 63.9 Å². The zero-order chi connectivity index (χ0) is 28.2. The number of aryl methyl sites for hydroxylation is 1. The topological polar surface area (TPSA) is 166 Å². The molecule has 11 heteroatoms. The number of benzene rings is 1. The third kappa shape index (κ3) is 7.10. The van der Waals surface area contributed by atoms with Crippen LogP contribution in [0.4, 0.5) is 11.5 Å². The van der Waals surface area contributed by atoms with Gasteiger partial charge in [0.15, 0.2) is 18.1 Å². The second kappa shape index (κ2) is 11.8. The Balaban J connectivity index is 1.28. The molecule has 0 unspecified atom stereocenters. The number of hydrogen-bond donors (Lipinski definition) is 3. The van der Waals surface area contributed by atoms with Gasteiger partial charge in [-0.15, -0.1) is 0 Å². The summed E-state index contributed by atoms with van der Waals surface area (Å²) in [7, 11) is 0. The Labute approximate surface area is 227 Å². The first kappa shape index (κ1) is 28.0. The number of aliphatic carboxylic acids is 1. The third-order valence-electron chi connectivity index (χ3n) is 7.13. The van der Waals surface area contributed by atoms with Gasteiger partial charge in [0, 0.05) is 12.1 Å². The quantitative estimate of drug-likeness (QED) is 0.406. The van der Waals surface area contributed by atoms with Crippen molar-refractivity contribution in [2.75, 3.05) is 18.9 Å². The summed E-state index contributed by atoms with van der Waals surface area (Å²) in [5.74, 6) is -0.115. The fourth-order valence-electron chi connectivity index (χ4n) is 5.04. The van der Waals surface area contributed by atoms with Gasteiger partial charge < -0.3 is 25.6 Å². The number of hydrogen-bond acceptors (Lipinski definition) is 9. The molecule has 0 radical (unpaired) electrons. The number of amides is 1. The number of carbonyl (C=O) groups is 3. The lowest BCUT2D eigenvalue weighted by Crippen LogP contribution is -2.41. The van der Waals surface area contributed by atoms with E-state index in [2.05, 4.69) is 39.6 Å². The first-order chi connectivity index (χ1) is 18.5. The Morgan fingerprint density at radius 2 is 1.79 bits per heavy atom. The van der Waals surface area contributed by atoms with E-state index in [1.54, 1.807) is 6.92 Å². The number of aliphatic imine (C=N–C) groups is 1. The number of nitrogens with two attached hydrogens (primary N) is 1. The van der Waals surface area contributed by atoms with Crippen LogP contribution >= 0.6 is 0 Å². The van der Waals surface area contributed by atoms with E-state index in [4.69, 9.17) is 25.3 Å². The molecule has 2 heterocycles. The molecule has 4 rings (SSSR count). The average Bonchev–Trinajstić information content (AvgIpc) is 2.89. The molecular weight excluding hydrogens is 502 g/mol. The summed E-state index contributed by atoms with van der Waals surface area (Å²) in [4.78, 5) is 47.3. The summed E-state index contributed by atoms with van der Waals surface area (Å²) in [5, 5.41) is 11.4. The van der Waals surface area contributed by atoms with Crippen molar-refractivity contribution in [1.29, 1.82) is 0 Å². The zero-order valence-corrected chi connectivity index (χ0v) is 22.5. The highest BCUT2D eigenvalue weighted by molar-refractivity contribution is 6.09. The molecule has 0 spiro atoms. The second-order valence-electron chi connectivity index (χ2n) is 10.6. The van der Waals surface area contributed by atoms with Gasteiger partial charge in [-0.25, -0.2) is 9.98 Å². The maximum atomic E-state index is 12.0. The summed E-state index contributed by atoms with van der Waals surface area (Å²) in [6.07, 6.45) is 3.43. The van der Waals surface area contributed by atoms with E-state index in [-0.39, 0.29) is 18.7 Å². The highest BCUT2D eigenvalue weighted by Crippen LogP contribution is 2.40. The van der Waals surface area contributed by atoms with Crippen LogP contribution in [0.2, 0.25) is 0 Å². The molecule has 0 bridgehead atoms. The number of nitrogens with zero attached hydrogens (tertiary/aromatic N) is 3. The molecule has 11 nitrogen and oxygen atoms in total. The van der Waals surface area contributed by atoms with E-state index in [1.165, 1.54) is 5.56 Å². The lowest BCUT2D eigenvalue weighted by Gasteiger charge is -2.32. The molecule has 1 aliphatic carbocycles. The minimum atomic E-state index is -1.08. The second-order valence-corrected chi connectivity index (χ2v) is 10.6. The van der Waals surface area contributed by atoms with Crippen molar-refractivity contribution >= 4 is 35.1 Å². The number of esters is 1. The number of carboxylic acids is 1. The highest BCUT2D eigenvalue weighted by atomic mass is 16.5. The molecule has 2 aliphatic rings. The Morgan fingerprint density at radius 1 is 1.10 bits per heavy atom. The molecular formula is C28H35N5O6. The summed E-state index contributed by atoms with van der Waals surface area (Å²) in [6.45, 7) is 5.82. The fourth-order valence-corrected chi connectivity index (χ4v) is 5.04. The Hall–Kier alpha value is -4.02. The molecule has 1 aliphatic heterocycles. The summed E-state index contributed by atoms with van der Waals surface area (Å²) in [5.41, 5.74) is 8.86. The van der Waals surface area contributed by atoms with Crippen LogP contribution in [0.25, 0.3) is 0 Å². The van der Waals surface area contributed by atoms with Crippen LogP contribution in [-0.4, -0.2) is 57.4 Å². The molecule has 1 amide bonds. The first-order valence-corrected chi connectivity index (χ1v) is 13.2. The number of nitrogens with one attached hydrogen (secondary N) is 1. The Kier molecular flexibility index (Phi) is 8.47. The minimum Gasteiger partial charge on any atom is -0.481 e. The zero-order valence-electron chi connectivity index (χ0n) is 22.5. The molecule has 208 valence electrons. The van der Waals surface area contributed by atoms with Gasteiger partial charge in [0.2, 0.25) is 5.88 Å². The smallest absolute Gasteiger partial charge is 0.306 e. The Bertz CT molecular complexity index is 1270. The number of rotatable bonds is 9. The molecule has 0 atom stereocenters. The fraction of sp³-hybridized carbons (Fsp3) is 0.500. The van der Waals surface area contributed by atoms with Crippen LogP contribution < -0.4 is 15.8 Å². The number of aromatic nitrogens is 2. The maximum absolute atomic E-state index is 12.0. The molecule has 39 heavy (non-hydrogen) atoms. The Morgan fingerprint density at radius 3 is 2.46 bits per heavy atom. The van der Waals surface area contributed by atoms with Crippen LogP contribution in [0.15, 0.2) is 29.3 Å². The number of anilines is 1. The number of fused-ring (bicyclic) bond motifs is 1.